The molecule has 0 heteroatoms. The van der Waals surface area contributed by atoms with Crippen molar-refractivity contribution in [2.45, 2.75) is 112 Å². The lowest BCUT2D eigenvalue weighted by Crippen LogP contribution is -2.25. The maximum Gasteiger partial charge on any atom is -0.00229 e. The van der Waals surface area contributed by atoms with Gasteiger partial charge in [0.05, 0.1) is 0 Å². The summed E-state index contributed by atoms with van der Waals surface area (Å²) >= 11 is 0. The van der Waals surface area contributed by atoms with E-state index in [2.05, 4.69) is 236 Å². The number of benzene rings is 8. The lowest BCUT2D eigenvalue weighted by Gasteiger charge is -2.32. The van der Waals surface area contributed by atoms with Crippen LogP contribution in [0.15, 0.2) is 194 Å². The molecule has 2 unspecified atom stereocenters. The van der Waals surface area contributed by atoms with E-state index in [-0.39, 0.29) is 10.8 Å². The molecule has 8 aromatic carbocycles. The summed E-state index contributed by atoms with van der Waals surface area (Å²) in [4.78, 5) is 0. The maximum absolute atomic E-state index is 2.53. The SMILES string of the molecule is CC(C)(C)C(Cc1ccccc1)Cc1ccccc1Cc1cccc(CCc2cccc(Cc3ccccc3CCc3cc4ccc3Cc3cccc(c3)CC(C(C)(C)C)Cc3ccccc3-4)c2)c1. The van der Waals surface area contributed by atoms with Gasteiger partial charge < -0.3 is 0 Å². The Labute approximate surface area is 415 Å². The molecule has 0 radical (unpaired) electrons. The van der Waals surface area contributed by atoms with Crippen molar-refractivity contribution < 1.29 is 0 Å². The van der Waals surface area contributed by atoms with Crippen LogP contribution in [-0.4, -0.2) is 0 Å². The monoisotopic (exact) mass is 903 g/mol. The van der Waals surface area contributed by atoms with E-state index in [0.29, 0.717) is 11.8 Å². The molecule has 0 saturated heterocycles. The van der Waals surface area contributed by atoms with E-state index >= 15 is 0 Å². The van der Waals surface area contributed by atoms with Crippen molar-refractivity contribution >= 4 is 0 Å². The highest BCUT2D eigenvalue weighted by Crippen LogP contribution is 2.38. The largest absolute Gasteiger partial charge is 0.0622 e. The van der Waals surface area contributed by atoms with Crippen molar-refractivity contribution in [3.05, 3.63) is 272 Å². The zero-order chi connectivity index (χ0) is 47.8. The standard InChI is InChI=1S/C69H74/c1-68(2,3)65(45-50-19-8-7-9-20-50)48-60-30-13-12-29-59(60)43-54-24-17-22-52(40-54)34-33-51-21-16-23-53(39-51)42-58-28-11-10-27-57(58)35-36-62-47-64-38-37-61(62)44-55-25-18-26-56(41-55)46-66(69(4,5)6)49-63-31-14-15-32-67(63)64/h7-32,37-41,47,65-66H,33-36,42-46,48-49H2,1-6H3. The summed E-state index contributed by atoms with van der Waals surface area (Å²) in [6.45, 7) is 14.5. The van der Waals surface area contributed by atoms with Gasteiger partial charge in [0, 0.05) is 0 Å². The number of hydrogen-bond donors (Lipinski definition) is 0. The summed E-state index contributed by atoms with van der Waals surface area (Å²) in [6, 6.07) is 74.1. The first-order valence-electron chi connectivity index (χ1n) is 26.0. The molecule has 2 aliphatic rings. The van der Waals surface area contributed by atoms with Crippen LogP contribution in [0.1, 0.15) is 119 Å². The Morgan fingerprint density at radius 3 is 1.62 bits per heavy atom. The molecule has 0 aromatic heterocycles. The lowest BCUT2D eigenvalue weighted by molar-refractivity contribution is 0.236. The normalized spacial score (nSPS) is 14.3. The highest BCUT2D eigenvalue weighted by molar-refractivity contribution is 5.69. The van der Waals surface area contributed by atoms with Crippen LogP contribution in [0, 0.1) is 22.7 Å². The van der Waals surface area contributed by atoms with Crippen molar-refractivity contribution in [2.24, 2.45) is 22.7 Å². The minimum absolute atomic E-state index is 0.202. The van der Waals surface area contributed by atoms with E-state index in [9.17, 15) is 0 Å². The second-order valence-corrected chi connectivity index (χ2v) is 22.6. The van der Waals surface area contributed by atoms with E-state index in [1.807, 2.05) is 0 Å². The molecule has 0 saturated carbocycles. The fourth-order valence-electron chi connectivity index (χ4n) is 11.0. The van der Waals surface area contributed by atoms with Crippen LogP contribution >= 0.6 is 0 Å². The van der Waals surface area contributed by atoms with Gasteiger partial charge in [0.25, 0.3) is 0 Å². The molecule has 69 heavy (non-hydrogen) atoms. The van der Waals surface area contributed by atoms with Crippen molar-refractivity contribution in [2.75, 3.05) is 0 Å². The Balaban J connectivity index is 0.878. The van der Waals surface area contributed by atoms with E-state index in [0.717, 1.165) is 70.6 Å². The topological polar surface area (TPSA) is 0 Å². The molecule has 0 aliphatic heterocycles. The fraction of sp³-hybridized carbons (Fsp3) is 0.304. The summed E-state index contributed by atoms with van der Waals surface area (Å²) in [6.07, 6.45) is 11.3. The average Bonchev–Trinajstić information content (AvgIpc) is 3.35. The van der Waals surface area contributed by atoms with Gasteiger partial charge in [-0.25, -0.2) is 0 Å². The summed E-state index contributed by atoms with van der Waals surface area (Å²) in [5.74, 6) is 1.10. The highest BCUT2D eigenvalue weighted by atomic mass is 14.3. The van der Waals surface area contributed by atoms with Crippen molar-refractivity contribution in [1.82, 2.24) is 0 Å². The molecule has 0 heterocycles. The molecule has 4 bridgehead atoms. The van der Waals surface area contributed by atoms with E-state index in [1.165, 1.54) is 89.0 Å². The summed E-state index contributed by atoms with van der Waals surface area (Å²) in [5.41, 5.74) is 23.3. The minimum atomic E-state index is 0.202. The van der Waals surface area contributed by atoms with Crippen molar-refractivity contribution in [3.63, 3.8) is 0 Å². The van der Waals surface area contributed by atoms with Crippen LogP contribution in [0.3, 0.4) is 0 Å². The number of hydrogen-bond acceptors (Lipinski definition) is 0. The Hall–Kier alpha value is -6.24. The van der Waals surface area contributed by atoms with Gasteiger partial charge in [-0.1, -0.05) is 236 Å². The van der Waals surface area contributed by atoms with Gasteiger partial charge in [-0.3, -0.25) is 0 Å². The third kappa shape index (κ3) is 12.7. The van der Waals surface area contributed by atoms with E-state index in [1.54, 1.807) is 0 Å². The molecule has 350 valence electrons. The third-order valence-electron chi connectivity index (χ3n) is 15.5. The molecule has 10 rings (SSSR count). The number of aryl methyl sites for hydroxylation is 4. The van der Waals surface area contributed by atoms with Gasteiger partial charge >= 0.3 is 0 Å². The molecule has 2 atom stereocenters. The first kappa shape index (κ1) is 47.8. The average molecular weight is 903 g/mol. The van der Waals surface area contributed by atoms with E-state index in [4.69, 9.17) is 0 Å². The van der Waals surface area contributed by atoms with Gasteiger partial charge in [0.15, 0.2) is 0 Å². The molecule has 0 spiro atoms. The van der Waals surface area contributed by atoms with Crippen LogP contribution in [0.25, 0.3) is 11.1 Å². The molecule has 2 aliphatic carbocycles. The van der Waals surface area contributed by atoms with Crippen molar-refractivity contribution in [1.29, 1.82) is 0 Å². The van der Waals surface area contributed by atoms with E-state index < -0.39 is 0 Å². The summed E-state index contributed by atoms with van der Waals surface area (Å²) in [5, 5.41) is 0. The molecule has 0 amide bonds. The number of rotatable bonds is 14. The van der Waals surface area contributed by atoms with Gasteiger partial charge in [0.1, 0.15) is 0 Å². The highest BCUT2D eigenvalue weighted by Gasteiger charge is 2.28. The zero-order valence-corrected chi connectivity index (χ0v) is 42.4. The van der Waals surface area contributed by atoms with Crippen molar-refractivity contribution in [3.8, 4) is 11.1 Å². The fourth-order valence-corrected chi connectivity index (χ4v) is 11.0. The van der Waals surface area contributed by atoms with Crippen LogP contribution in [0.5, 0.6) is 0 Å². The molecular formula is C69H74. The molecule has 8 aromatic rings. The zero-order valence-electron chi connectivity index (χ0n) is 42.4. The molecule has 0 nitrogen and oxygen atoms in total. The predicted molar refractivity (Wildman–Crippen MR) is 294 cm³/mol. The molecule has 0 N–H and O–H groups in total. The Bertz CT molecular complexity index is 2950. The number of fused-ring (bicyclic) bond motifs is 4. The Morgan fingerprint density at radius 2 is 0.942 bits per heavy atom. The molecule has 0 fully saturated rings. The first-order chi connectivity index (χ1) is 33.4. The van der Waals surface area contributed by atoms with Crippen LogP contribution in [-0.2, 0) is 70.6 Å². The quantitative estimate of drug-likeness (QED) is 0.102. The lowest BCUT2D eigenvalue weighted by atomic mass is 9.73. The van der Waals surface area contributed by atoms with Crippen LogP contribution in [0.4, 0.5) is 0 Å². The van der Waals surface area contributed by atoms with Gasteiger partial charge in [-0.2, -0.15) is 0 Å². The third-order valence-corrected chi connectivity index (χ3v) is 15.5. The Kier molecular flexibility index (Phi) is 15.0. The summed E-state index contributed by atoms with van der Waals surface area (Å²) in [7, 11) is 0. The van der Waals surface area contributed by atoms with Crippen LogP contribution < -0.4 is 0 Å². The maximum atomic E-state index is 2.53. The second kappa shape index (κ2) is 21.6. The van der Waals surface area contributed by atoms with Gasteiger partial charge in [-0.05, 0) is 182 Å². The second-order valence-electron chi connectivity index (χ2n) is 22.6. The Morgan fingerprint density at radius 1 is 0.391 bits per heavy atom. The smallest absolute Gasteiger partial charge is 0.00229 e. The minimum Gasteiger partial charge on any atom is -0.0622 e. The van der Waals surface area contributed by atoms with Gasteiger partial charge in [0.2, 0.25) is 0 Å². The first-order valence-corrected chi connectivity index (χ1v) is 26.0. The predicted octanol–water partition coefficient (Wildman–Crippen LogP) is 16.9. The van der Waals surface area contributed by atoms with Crippen LogP contribution in [0.2, 0.25) is 0 Å². The molecular weight excluding hydrogens is 829 g/mol. The summed E-state index contributed by atoms with van der Waals surface area (Å²) < 4.78 is 0. The van der Waals surface area contributed by atoms with Gasteiger partial charge in [-0.15, -0.1) is 0 Å².